The Morgan fingerprint density at radius 1 is 1.16 bits per heavy atom. The molecule has 2 aromatic rings. The Morgan fingerprint density at radius 3 is 2.52 bits per heavy atom. The van der Waals surface area contributed by atoms with Crippen LogP contribution in [0.2, 0.25) is 0 Å². The Kier molecular flexibility index (Phi) is 6.71. The number of nitrogens with one attached hydrogen (secondary N) is 1. The van der Waals surface area contributed by atoms with Gasteiger partial charge < -0.3 is 15.2 Å². The van der Waals surface area contributed by atoms with Crippen molar-refractivity contribution in [2.45, 2.75) is 12.5 Å². The molecule has 0 saturated carbocycles. The monoisotopic (exact) mass is 340 g/mol. The summed E-state index contributed by atoms with van der Waals surface area (Å²) in [5, 5.41) is 12.3. The van der Waals surface area contributed by atoms with Crippen molar-refractivity contribution in [3.63, 3.8) is 0 Å². The third-order valence-electron chi connectivity index (χ3n) is 3.51. The van der Waals surface area contributed by atoms with Crippen LogP contribution in [-0.4, -0.2) is 42.9 Å². The molecule has 2 aromatic carbocycles. The van der Waals surface area contributed by atoms with Gasteiger partial charge in [0.15, 0.2) is 0 Å². The molecular formula is C19H20N2O4. The van der Waals surface area contributed by atoms with E-state index in [-0.39, 0.29) is 12.3 Å². The van der Waals surface area contributed by atoms with Gasteiger partial charge in [-0.05, 0) is 17.7 Å². The predicted molar refractivity (Wildman–Crippen MR) is 94.7 cm³/mol. The average molecular weight is 340 g/mol. The van der Waals surface area contributed by atoms with Crippen molar-refractivity contribution in [1.29, 1.82) is 0 Å². The van der Waals surface area contributed by atoms with Gasteiger partial charge in [-0.25, -0.2) is 4.79 Å². The molecule has 130 valence electrons. The number of hydrogen-bond acceptors (Lipinski definition) is 5. The number of amides is 1. The lowest BCUT2D eigenvalue weighted by Gasteiger charge is -2.16. The van der Waals surface area contributed by atoms with Gasteiger partial charge in [0.2, 0.25) is 5.91 Å². The number of hydrogen-bond donors (Lipinski definition) is 2. The Labute approximate surface area is 146 Å². The number of phenols is 1. The zero-order valence-electron chi connectivity index (χ0n) is 13.9. The first-order valence-electron chi connectivity index (χ1n) is 7.79. The number of methoxy groups -OCH3 is 1. The summed E-state index contributed by atoms with van der Waals surface area (Å²) >= 11 is 0. The van der Waals surface area contributed by atoms with E-state index in [4.69, 9.17) is 4.74 Å². The minimum absolute atomic E-state index is 0.0863. The first-order chi connectivity index (χ1) is 12.1. The van der Waals surface area contributed by atoms with Crippen molar-refractivity contribution in [1.82, 2.24) is 5.32 Å². The molecule has 0 bridgehead atoms. The lowest BCUT2D eigenvalue weighted by molar-refractivity contribution is -0.144. The third kappa shape index (κ3) is 5.76. The first-order valence-corrected chi connectivity index (χ1v) is 7.79. The summed E-state index contributed by atoms with van der Waals surface area (Å²) in [5.74, 6) is -0.830. The first kappa shape index (κ1) is 18.2. The third-order valence-corrected chi connectivity index (χ3v) is 3.51. The molecule has 0 saturated heterocycles. The molecule has 2 rings (SSSR count). The van der Waals surface area contributed by atoms with Crippen LogP contribution in [0.1, 0.15) is 11.1 Å². The molecule has 2 N–H and O–H groups in total. The van der Waals surface area contributed by atoms with Crippen LogP contribution in [-0.2, 0) is 20.7 Å². The van der Waals surface area contributed by atoms with Gasteiger partial charge in [-0.2, -0.15) is 0 Å². The molecule has 0 fully saturated rings. The highest BCUT2D eigenvalue weighted by Crippen LogP contribution is 2.12. The highest BCUT2D eigenvalue weighted by molar-refractivity contribution is 5.88. The number of esters is 1. The number of carbonyl (C=O) groups is 2. The van der Waals surface area contributed by atoms with Crippen molar-refractivity contribution in [3.8, 4) is 5.75 Å². The summed E-state index contributed by atoms with van der Waals surface area (Å²) in [5.41, 5.74) is 1.43. The van der Waals surface area contributed by atoms with Crippen LogP contribution in [0, 0.1) is 0 Å². The number of nitrogens with zero attached hydrogens (tertiary/aromatic N) is 1. The maximum Gasteiger partial charge on any atom is 0.328 e. The van der Waals surface area contributed by atoms with Crippen molar-refractivity contribution >= 4 is 18.1 Å². The fraction of sp³-hybridized carbons (Fsp3) is 0.211. The molecule has 0 aliphatic heterocycles. The number of aromatic hydroxyl groups is 1. The second-order valence-corrected chi connectivity index (χ2v) is 5.36. The topological polar surface area (TPSA) is 88.0 Å². The molecule has 1 amide bonds. The van der Waals surface area contributed by atoms with E-state index in [1.165, 1.54) is 19.4 Å². The van der Waals surface area contributed by atoms with E-state index < -0.39 is 17.9 Å². The number of carbonyl (C=O) groups excluding carboxylic acids is 2. The van der Waals surface area contributed by atoms with E-state index in [0.717, 1.165) is 5.56 Å². The number of aliphatic imine (C=N–C) groups is 1. The fourth-order valence-corrected chi connectivity index (χ4v) is 2.25. The summed E-state index contributed by atoms with van der Waals surface area (Å²) in [6.45, 7) is -0.156. The molecule has 6 nitrogen and oxygen atoms in total. The molecule has 0 aliphatic rings. The van der Waals surface area contributed by atoms with Gasteiger partial charge in [0.05, 0.1) is 7.11 Å². The Morgan fingerprint density at radius 2 is 1.84 bits per heavy atom. The second-order valence-electron chi connectivity index (χ2n) is 5.36. The minimum atomic E-state index is -0.778. The Hall–Kier alpha value is -3.15. The number of rotatable bonds is 7. The van der Waals surface area contributed by atoms with E-state index in [9.17, 15) is 14.7 Å². The summed E-state index contributed by atoms with van der Waals surface area (Å²) in [7, 11) is 1.28. The number of para-hydroxylation sites is 1. The lowest BCUT2D eigenvalue weighted by Crippen LogP contribution is -2.44. The second kappa shape index (κ2) is 9.22. The molecule has 6 heteroatoms. The van der Waals surface area contributed by atoms with Crippen LogP contribution in [0.5, 0.6) is 5.75 Å². The average Bonchev–Trinajstić information content (AvgIpc) is 2.63. The van der Waals surface area contributed by atoms with Crippen molar-refractivity contribution in [2.75, 3.05) is 13.7 Å². The Bertz CT molecular complexity index is 744. The van der Waals surface area contributed by atoms with Crippen LogP contribution in [0.4, 0.5) is 0 Å². The SMILES string of the molecule is COC(=O)[C@H](Cc1ccccc1)NC(=O)CN=Cc1ccccc1O. The summed E-state index contributed by atoms with van der Waals surface area (Å²) in [6.07, 6.45) is 1.75. The van der Waals surface area contributed by atoms with E-state index in [2.05, 4.69) is 10.3 Å². The van der Waals surface area contributed by atoms with E-state index in [0.29, 0.717) is 12.0 Å². The summed E-state index contributed by atoms with van der Waals surface area (Å²) in [4.78, 5) is 27.9. The van der Waals surface area contributed by atoms with Crippen LogP contribution in [0.3, 0.4) is 0 Å². The van der Waals surface area contributed by atoms with Crippen LogP contribution < -0.4 is 5.32 Å². The van der Waals surface area contributed by atoms with E-state index in [1.807, 2.05) is 30.3 Å². The summed E-state index contributed by atoms with van der Waals surface area (Å²) in [6, 6.07) is 15.3. The van der Waals surface area contributed by atoms with Gasteiger partial charge in [-0.1, -0.05) is 42.5 Å². The van der Waals surface area contributed by atoms with Gasteiger partial charge in [-0.3, -0.25) is 9.79 Å². The lowest BCUT2D eigenvalue weighted by atomic mass is 10.1. The van der Waals surface area contributed by atoms with Crippen molar-refractivity contribution in [3.05, 3.63) is 65.7 Å². The number of ether oxygens (including phenoxy) is 1. The van der Waals surface area contributed by atoms with Gasteiger partial charge in [0, 0.05) is 18.2 Å². The molecule has 0 unspecified atom stereocenters. The van der Waals surface area contributed by atoms with Gasteiger partial charge in [-0.15, -0.1) is 0 Å². The van der Waals surface area contributed by atoms with Crippen molar-refractivity contribution in [2.24, 2.45) is 4.99 Å². The Balaban J connectivity index is 1.95. The maximum absolute atomic E-state index is 12.0. The number of phenolic OH excluding ortho intramolecular Hbond substituents is 1. The summed E-state index contributed by atoms with van der Waals surface area (Å²) < 4.78 is 4.75. The molecule has 0 aliphatic carbocycles. The van der Waals surface area contributed by atoms with Crippen LogP contribution in [0.15, 0.2) is 59.6 Å². The minimum Gasteiger partial charge on any atom is -0.507 e. The zero-order chi connectivity index (χ0) is 18.1. The zero-order valence-corrected chi connectivity index (χ0v) is 13.9. The van der Waals surface area contributed by atoms with Gasteiger partial charge in [0.1, 0.15) is 18.3 Å². The molecular weight excluding hydrogens is 320 g/mol. The molecule has 1 atom stereocenters. The normalized spacial score (nSPS) is 11.9. The quantitative estimate of drug-likeness (QED) is 0.593. The standard InChI is InChI=1S/C19H20N2O4/c1-25-19(24)16(11-14-7-3-2-4-8-14)21-18(23)13-20-12-15-9-5-6-10-17(15)22/h2-10,12,16,22H,11,13H2,1H3,(H,21,23)/t16-/m0/s1. The highest BCUT2D eigenvalue weighted by atomic mass is 16.5. The van der Waals surface area contributed by atoms with Crippen LogP contribution >= 0.6 is 0 Å². The molecule has 0 radical (unpaired) electrons. The number of benzene rings is 2. The van der Waals surface area contributed by atoms with Gasteiger partial charge >= 0.3 is 5.97 Å². The van der Waals surface area contributed by atoms with Crippen LogP contribution in [0.25, 0.3) is 0 Å². The molecule has 0 aromatic heterocycles. The molecule has 25 heavy (non-hydrogen) atoms. The highest BCUT2D eigenvalue weighted by Gasteiger charge is 2.21. The predicted octanol–water partition coefficient (Wildman–Crippen LogP) is 1.71. The van der Waals surface area contributed by atoms with E-state index in [1.54, 1.807) is 18.2 Å². The molecule has 0 spiro atoms. The van der Waals surface area contributed by atoms with E-state index >= 15 is 0 Å². The fourth-order valence-electron chi connectivity index (χ4n) is 2.25. The van der Waals surface area contributed by atoms with Crippen molar-refractivity contribution < 1.29 is 19.4 Å². The molecule has 0 heterocycles. The van der Waals surface area contributed by atoms with Gasteiger partial charge in [0.25, 0.3) is 0 Å². The maximum atomic E-state index is 12.0. The largest absolute Gasteiger partial charge is 0.507 e. The smallest absolute Gasteiger partial charge is 0.328 e.